The third-order valence-corrected chi connectivity index (χ3v) is 4.74. The SMILES string of the molecule is CCN(CCNC(C)CS(=O)(=O)CC)C(=O)OC(C)(C)C. The van der Waals surface area contributed by atoms with E-state index in [9.17, 15) is 13.2 Å². The molecule has 0 saturated heterocycles. The zero-order valence-corrected chi connectivity index (χ0v) is 14.9. The van der Waals surface area contributed by atoms with Gasteiger partial charge in [0.25, 0.3) is 0 Å². The van der Waals surface area contributed by atoms with Crippen LogP contribution in [0.25, 0.3) is 0 Å². The van der Waals surface area contributed by atoms with Crippen molar-refractivity contribution in [2.75, 3.05) is 31.1 Å². The molecule has 21 heavy (non-hydrogen) atoms. The predicted molar refractivity (Wildman–Crippen MR) is 85.3 cm³/mol. The summed E-state index contributed by atoms with van der Waals surface area (Å²) in [6, 6.07) is -0.132. The van der Waals surface area contributed by atoms with Gasteiger partial charge in [0, 0.05) is 31.4 Å². The second-order valence-corrected chi connectivity index (χ2v) is 8.51. The summed E-state index contributed by atoms with van der Waals surface area (Å²) in [5.74, 6) is 0.264. The lowest BCUT2D eigenvalue weighted by Gasteiger charge is -2.27. The monoisotopic (exact) mass is 322 g/mol. The summed E-state index contributed by atoms with van der Waals surface area (Å²) in [6.45, 7) is 12.4. The van der Waals surface area contributed by atoms with Gasteiger partial charge >= 0.3 is 6.09 Å². The Bertz CT molecular complexity index is 415. The molecule has 0 heterocycles. The van der Waals surface area contributed by atoms with Crippen LogP contribution in [0.15, 0.2) is 0 Å². The van der Waals surface area contributed by atoms with Gasteiger partial charge in [-0.2, -0.15) is 0 Å². The molecule has 0 aromatic carbocycles. The van der Waals surface area contributed by atoms with Crippen LogP contribution < -0.4 is 5.32 Å². The number of hydrogen-bond donors (Lipinski definition) is 1. The molecule has 1 atom stereocenters. The summed E-state index contributed by atoms with van der Waals surface area (Å²) in [5.41, 5.74) is -0.513. The largest absolute Gasteiger partial charge is 0.444 e. The molecular formula is C14H30N2O4S. The first-order chi connectivity index (χ1) is 9.50. The molecule has 0 aliphatic rings. The standard InChI is InChI=1S/C14H30N2O4S/c1-7-16(13(17)20-14(4,5)6)10-9-15-12(3)11-21(18,19)8-2/h12,15H,7-11H2,1-6H3. The quantitative estimate of drug-likeness (QED) is 0.735. The summed E-state index contributed by atoms with van der Waals surface area (Å²) in [6.07, 6.45) is -0.347. The van der Waals surface area contributed by atoms with Gasteiger partial charge in [0.15, 0.2) is 9.84 Å². The van der Waals surface area contributed by atoms with E-state index in [1.165, 1.54) is 0 Å². The van der Waals surface area contributed by atoms with E-state index in [1.807, 2.05) is 34.6 Å². The maximum Gasteiger partial charge on any atom is 0.410 e. The van der Waals surface area contributed by atoms with E-state index >= 15 is 0 Å². The van der Waals surface area contributed by atoms with Crippen molar-refractivity contribution in [3.63, 3.8) is 0 Å². The average molecular weight is 322 g/mol. The van der Waals surface area contributed by atoms with E-state index in [1.54, 1.807) is 11.8 Å². The van der Waals surface area contributed by atoms with Crippen LogP contribution in [-0.4, -0.2) is 62.2 Å². The van der Waals surface area contributed by atoms with Gasteiger partial charge in [-0.25, -0.2) is 13.2 Å². The summed E-state index contributed by atoms with van der Waals surface area (Å²) < 4.78 is 28.3. The first kappa shape index (κ1) is 20.2. The summed E-state index contributed by atoms with van der Waals surface area (Å²) in [5, 5.41) is 3.13. The molecule has 0 saturated carbocycles. The highest BCUT2D eigenvalue weighted by Gasteiger charge is 2.21. The Balaban J connectivity index is 4.21. The Hall–Kier alpha value is -0.820. The van der Waals surface area contributed by atoms with Crippen LogP contribution in [0.4, 0.5) is 4.79 Å². The van der Waals surface area contributed by atoms with Crippen molar-refractivity contribution in [3.05, 3.63) is 0 Å². The normalized spacial score (nSPS) is 13.8. The molecule has 6 nitrogen and oxygen atoms in total. The fourth-order valence-electron chi connectivity index (χ4n) is 1.71. The van der Waals surface area contributed by atoms with E-state index in [2.05, 4.69) is 5.32 Å². The molecule has 0 radical (unpaired) electrons. The van der Waals surface area contributed by atoms with Gasteiger partial charge in [0.2, 0.25) is 0 Å². The molecule has 7 heteroatoms. The number of hydrogen-bond acceptors (Lipinski definition) is 5. The van der Waals surface area contributed by atoms with E-state index in [4.69, 9.17) is 4.74 Å². The molecule has 0 aliphatic heterocycles. The maximum absolute atomic E-state index is 11.9. The highest BCUT2D eigenvalue weighted by molar-refractivity contribution is 7.91. The number of nitrogens with one attached hydrogen (secondary N) is 1. The van der Waals surface area contributed by atoms with Crippen LogP contribution >= 0.6 is 0 Å². The molecule has 0 aromatic rings. The Labute approximate surface area is 129 Å². The Kier molecular flexibility index (Phi) is 8.25. The number of amides is 1. The fraction of sp³-hybridized carbons (Fsp3) is 0.929. The van der Waals surface area contributed by atoms with Crippen molar-refractivity contribution in [3.8, 4) is 0 Å². The number of likely N-dealkylation sites (N-methyl/N-ethyl adjacent to an activating group) is 1. The molecule has 0 fully saturated rings. The number of nitrogens with zero attached hydrogens (tertiary/aromatic N) is 1. The first-order valence-corrected chi connectivity index (χ1v) is 9.24. The highest BCUT2D eigenvalue weighted by atomic mass is 32.2. The van der Waals surface area contributed by atoms with Crippen molar-refractivity contribution in [1.29, 1.82) is 0 Å². The molecule has 0 aliphatic carbocycles. The zero-order chi connectivity index (χ0) is 16.7. The lowest BCUT2D eigenvalue weighted by atomic mass is 10.2. The third kappa shape index (κ3) is 9.68. The lowest BCUT2D eigenvalue weighted by molar-refractivity contribution is 0.0261. The maximum atomic E-state index is 11.9. The minimum absolute atomic E-state index is 0.113. The molecular weight excluding hydrogens is 292 g/mol. The van der Waals surface area contributed by atoms with Crippen molar-refractivity contribution >= 4 is 15.9 Å². The second-order valence-electron chi connectivity index (χ2n) is 6.11. The number of carbonyl (C=O) groups excluding carboxylic acids is 1. The van der Waals surface area contributed by atoms with Crippen molar-refractivity contribution < 1.29 is 17.9 Å². The van der Waals surface area contributed by atoms with Gasteiger partial charge in [-0.1, -0.05) is 6.92 Å². The van der Waals surface area contributed by atoms with E-state index in [0.717, 1.165) is 0 Å². The van der Waals surface area contributed by atoms with Crippen LogP contribution in [0.5, 0.6) is 0 Å². The van der Waals surface area contributed by atoms with Gasteiger partial charge in [0.1, 0.15) is 5.60 Å². The Morgan fingerprint density at radius 3 is 2.29 bits per heavy atom. The summed E-state index contributed by atoms with van der Waals surface area (Å²) in [7, 11) is -2.98. The highest BCUT2D eigenvalue weighted by Crippen LogP contribution is 2.09. The molecule has 126 valence electrons. The van der Waals surface area contributed by atoms with E-state index < -0.39 is 15.4 Å². The van der Waals surface area contributed by atoms with Crippen molar-refractivity contribution in [2.24, 2.45) is 0 Å². The van der Waals surface area contributed by atoms with Gasteiger partial charge in [-0.3, -0.25) is 0 Å². The van der Waals surface area contributed by atoms with E-state index in [0.29, 0.717) is 19.6 Å². The van der Waals surface area contributed by atoms with Crippen LogP contribution in [0.3, 0.4) is 0 Å². The smallest absolute Gasteiger partial charge is 0.410 e. The summed E-state index contributed by atoms with van der Waals surface area (Å²) in [4.78, 5) is 13.5. The molecule has 0 bridgehead atoms. The van der Waals surface area contributed by atoms with Crippen molar-refractivity contribution in [2.45, 2.75) is 53.2 Å². The number of ether oxygens (including phenoxy) is 1. The van der Waals surface area contributed by atoms with Crippen LogP contribution in [0, 0.1) is 0 Å². The minimum atomic E-state index is -2.98. The lowest BCUT2D eigenvalue weighted by Crippen LogP contribution is -2.43. The number of rotatable bonds is 8. The molecule has 1 unspecified atom stereocenters. The Morgan fingerprint density at radius 2 is 1.86 bits per heavy atom. The van der Waals surface area contributed by atoms with Crippen molar-refractivity contribution in [1.82, 2.24) is 10.2 Å². The van der Waals surface area contributed by atoms with Gasteiger partial charge < -0.3 is 15.0 Å². The first-order valence-electron chi connectivity index (χ1n) is 7.42. The molecule has 1 amide bonds. The van der Waals surface area contributed by atoms with E-state index in [-0.39, 0.29) is 23.6 Å². The molecule has 0 aromatic heterocycles. The topological polar surface area (TPSA) is 75.7 Å². The van der Waals surface area contributed by atoms with Gasteiger partial charge in [0.05, 0.1) is 5.75 Å². The molecule has 0 spiro atoms. The fourth-order valence-corrected chi connectivity index (χ4v) is 2.82. The molecule has 0 rings (SSSR count). The number of sulfone groups is 1. The average Bonchev–Trinajstić information content (AvgIpc) is 2.31. The zero-order valence-electron chi connectivity index (χ0n) is 14.1. The van der Waals surface area contributed by atoms with Crippen LogP contribution in [-0.2, 0) is 14.6 Å². The third-order valence-electron chi connectivity index (χ3n) is 2.85. The van der Waals surface area contributed by atoms with Crippen LogP contribution in [0.1, 0.15) is 41.5 Å². The van der Waals surface area contributed by atoms with Gasteiger partial charge in [-0.15, -0.1) is 0 Å². The van der Waals surface area contributed by atoms with Gasteiger partial charge in [-0.05, 0) is 34.6 Å². The van der Waals surface area contributed by atoms with Crippen LogP contribution in [0.2, 0.25) is 0 Å². The summed E-state index contributed by atoms with van der Waals surface area (Å²) >= 11 is 0. The second kappa shape index (κ2) is 8.58. The minimum Gasteiger partial charge on any atom is -0.444 e. The predicted octanol–water partition coefficient (Wildman–Crippen LogP) is 1.66. The Morgan fingerprint density at radius 1 is 1.29 bits per heavy atom. The number of carbonyl (C=O) groups is 1. The molecule has 1 N–H and O–H groups in total.